The van der Waals surface area contributed by atoms with Gasteiger partial charge in [-0.15, -0.1) is 0 Å². The second-order valence-electron chi connectivity index (χ2n) is 2.48. The lowest BCUT2D eigenvalue weighted by Gasteiger charge is -2.01. The van der Waals surface area contributed by atoms with Crippen molar-refractivity contribution in [3.63, 3.8) is 0 Å². The smallest absolute Gasteiger partial charge is 0.231 e. The van der Waals surface area contributed by atoms with Gasteiger partial charge < -0.3 is 14.6 Å². The molecule has 0 aliphatic carbocycles. The molecule has 1 aliphatic heterocycles. The summed E-state index contributed by atoms with van der Waals surface area (Å²) < 4.78 is 10.2. The van der Waals surface area contributed by atoms with Crippen LogP contribution in [0.4, 0.5) is 0 Å². The van der Waals surface area contributed by atoms with E-state index in [4.69, 9.17) is 9.47 Å². The summed E-state index contributed by atoms with van der Waals surface area (Å²) in [5, 5.41) is 10.1. The van der Waals surface area contributed by atoms with E-state index >= 15 is 0 Å². The van der Waals surface area contributed by atoms with Gasteiger partial charge in [-0.3, -0.25) is 0 Å². The molecule has 0 saturated carbocycles. The van der Waals surface area contributed by atoms with E-state index < -0.39 is 0 Å². The maximum atomic E-state index is 9.42. The van der Waals surface area contributed by atoms with E-state index in [-0.39, 0.29) is 12.5 Å². The first-order valence-corrected chi connectivity index (χ1v) is 4.61. The number of aromatic hydroxyl groups is 1. The number of ether oxygens (including phenoxy) is 2. The van der Waals surface area contributed by atoms with Crippen molar-refractivity contribution in [2.45, 2.75) is 5.33 Å². The van der Waals surface area contributed by atoms with Crippen LogP contribution in [0.3, 0.4) is 0 Å². The lowest BCUT2D eigenvalue weighted by Crippen LogP contribution is -1.93. The van der Waals surface area contributed by atoms with Crippen molar-refractivity contribution in [1.82, 2.24) is 0 Å². The van der Waals surface area contributed by atoms with E-state index in [0.29, 0.717) is 16.8 Å². The summed E-state index contributed by atoms with van der Waals surface area (Å²) >= 11 is 3.29. The fraction of sp³-hybridized carbons (Fsp3) is 0.250. The van der Waals surface area contributed by atoms with E-state index in [1.165, 1.54) is 0 Å². The minimum atomic E-state index is 0.138. The molecule has 0 aromatic heterocycles. The number of alkyl halides is 1. The van der Waals surface area contributed by atoms with Crippen LogP contribution in [0.15, 0.2) is 12.1 Å². The van der Waals surface area contributed by atoms with Crippen molar-refractivity contribution < 1.29 is 14.6 Å². The summed E-state index contributed by atoms with van der Waals surface area (Å²) in [4.78, 5) is 0. The van der Waals surface area contributed by atoms with Gasteiger partial charge in [-0.2, -0.15) is 0 Å². The molecule has 0 unspecified atom stereocenters. The van der Waals surface area contributed by atoms with Crippen LogP contribution in [0.5, 0.6) is 17.2 Å². The van der Waals surface area contributed by atoms with E-state index in [9.17, 15) is 5.11 Å². The number of hydrogen-bond acceptors (Lipinski definition) is 3. The highest BCUT2D eigenvalue weighted by atomic mass is 79.9. The molecule has 64 valence electrons. The van der Waals surface area contributed by atoms with Gasteiger partial charge in [0, 0.05) is 5.33 Å². The molecule has 1 heterocycles. The molecule has 1 aromatic carbocycles. The third kappa shape index (κ3) is 1.12. The maximum Gasteiger partial charge on any atom is 0.231 e. The first-order valence-electron chi connectivity index (χ1n) is 3.48. The van der Waals surface area contributed by atoms with Gasteiger partial charge in [0.25, 0.3) is 0 Å². The first kappa shape index (κ1) is 7.73. The highest BCUT2D eigenvalue weighted by molar-refractivity contribution is 9.08. The number of phenolic OH excluding ortho intramolecular Hbond substituents is 1. The molecule has 0 bridgehead atoms. The van der Waals surface area contributed by atoms with Crippen molar-refractivity contribution in [3.05, 3.63) is 17.7 Å². The minimum absolute atomic E-state index is 0.138. The average Bonchev–Trinajstić information content (AvgIpc) is 2.52. The van der Waals surface area contributed by atoms with Gasteiger partial charge in [0.15, 0.2) is 11.5 Å². The van der Waals surface area contributed by atoms with Crippen LogP contribution >= 0.6 is 15.9 Å². The molecule has 2 rings (SSSR count). The number of benzene rings is 1. The number of hydrogen-bond donors (Lipinski definition) is 1. The van der Waals surface area contributed by atoms with Crippen LogP contribution in [0.1, 0.15) is 5.56 Å². The second kappa shape index (κ2) is 2.86. The number of halogens is 1. The molecule has 0 radical (unpaired) electrons. The van der Waals surface area contributed by atoms with Gasteiger partial charge in [0.2, 0.25) is 12.5 Å². The Kier molecular flexibility index (Phi) is 1.84. The molecule has 12 heavy (non-hydrogen) atoms. The Hall–Kier alpha value is -0.900. The zero-order valence-electron chi connectivity index (χ0n) is 6.21. The Balaban J connectivity index is 2.51. The molecule has 0 spiro atoms. The Morgan fingerprint density at radius 2 is 2.25 bits per heavy atom. The molecule has 4 heteroatoms. The van der Waals surface area contributed by atoms with Gasteiger partial charge >= 0.3 is 0 Å². The van der Waals surface area contributed by atoms with Gasteiger partial charge in [-0.05, 0) is 17.7 Å². The summed E-state index contributed by atoms with van der Waals surface area (Å²) in [6.45, 7) is 0.189. The quantitative estimate of drug-likeness (QED) is 0.751. The van der Waals surface area contributed by atoms with Gasteiger partial charge in [-0.1, -0.05) is 15.9 Å². The standard InChI is InChI=1S/C8H7BrO3/c9-3-5-1-6(10)8-7(2-5)11-4-12-8/h1-2,10H,3-4H2. The number of rotatable bonds is 1. The van der Waals surface area contributed by atoms with E-state index in [1.807, 2.05) is 6.07 Å². The summed E-state index contributed by atoms with van der Waals surface area (Å²) in [7, 11) is 0. The SMILES string of the molecule is Oc1cc(CBr)cc2c1OCO2. The number of fused-ring (bicyclic) bond motifs is 1. The van der Waals surface area contributed by atoms with Crippen LogP contribution in [-0.4, -0.2) is 11.9 Å². The Morgan fingerprint density at radius 3 is 3.00 bits per heavy atom. The van der Waals surface area contributed by atoms with E-state index in [1.54, 1.807) is 6.07 Å². The largest absolute Gasteiger partial charge is 0.504 e. The van der Waals surface area contributed by atoms with Crippen LogP contribution in [-0.2, 0) is 5.33 Å². The van der Waals surface area contributed by atoms with Crippen LogP contribution < -0.4 is 9.47 Å². The highest BCUT2D eigenvalue weighted by Crippen LogP contribution is 2.41. The molecule has 3 nitrogen and oxygen atoms in total. The topological polar surface area (TPSA) is 38.7 Å². The summed E-state index contributed by atoms with van der Waals surface area (Å²) in [6.07, 6.45) is 0. The van der Waals surface area contributed by atoms with Crippen molar-refractivity contribution in [1.29, 1.82) is 0 Å². The molecule has 1 N–H and O–H groups in total. The van der Waals surface area contributed by atoms with Crippen LogP contribution in [0.25, 0.3) is 0 Å². The predicted molar refractivity (Wildman–Crippen MR) is 46.9 cm³/mol. The lowest BCUT2D eigenvalue weighted by atomic mass is 10.2. The second-order valence-corrected chi connectivity index (χ2v) is 3.04. The third-order valence-electron chi connectivity index (χ3n) is 1.67. The maximum absolute atomic E-state index is 9.42. The lowest BCUT2D eigenvalue weighted by molar-refractivity contribution is 0.171. The number of phenols is 1. The molecular formula is C8H7BrO3. The Bertz CT molecular complexity index is 311. The van der Waals surface area contributed by atoms with Gasteiger partial charge in [0.05, 0.1) is 0 Å². The Labute approximate surface area is 78.0 Å². The molecule has 1 aromatic rings. The van der Waals surface area contributed by atoms with Crippen molar-refractivity contribution in [2.75, 3.05) is 6.79 Å². The monoisotopic (exact) mass is 230 g/mol. The van der Waals surface area contributed by atoms with Gasteiger partial charge in [-0.25, -0.2) is 0 Å². The summed E-state index contributed by atoms with van der Waals surface area (Å²) in [5.41, 5.74) is 0.969. The molecule has 0 fully saturated rings. The minimum Gasteiger partial charge on any atom is -0.504 e. The highest BCUT2D eigenvalue weighted by Gasteiger charge is 2.18. The molecule has 0 amide bonds. The summed E-state index contributed by atoms with van der Waals surface area (Å²) in [6, 6.07) is 3.50. The van der Waals surface area contributed by atoms with Crippen molar-refractivity contribution in [3.8, 4) is 17.2 Å². The van der Waals surface area contributed by atoms with Crippen LogP contribution in [0.2, 0.25) is 0 Å². The fourth-order valence-electron chi connectivity index (χ4n) is 1.12. The molecule has 1 aliphatic rings. The van der Waals surface area contributed by atoms with Crippen molar-refractivity contribution in [2.24, 2.45) is 0 Å². The fourth-order valence-corrected chi connectivity index (χ4v) is 1.45. The molecule has 0 atom stereocenters. The van der Waals surface area contributed by atoms with Crippen LogP contribution in [0, 0.1) is 0 Å². The molecular weight excluding hydrogens is 224 g/mol. The van der Waals surface area contributed by atoms with Gasteiger partial charge in [0.1, 0.15) is 0 Å². The normalized spacial score (nSPS) is 13.4. The third-order valence-corrected chi connectivity index (χ3v) is 2.31. The first-order chi connectivity index (χ1) is 5.81. The zero-order valence-corrected chi connectivity index (χ0v) is 7.80. The van der Waals surface area contributed by atoms with E-state index in [0.717, 1.165) is 5.56 Å². The average molecular weight is 231 g/mol. The molecule has 0 saturated heterocycles. The zero-order chi connectivity index (χ0) is 8.55. The van der Waals surface area contributed by atoms with Crippen molar-refractivity contribution >= 4 is 15.9 Å². The predicted octanol–water partition coefficient (Wildman–Crippen LogP) is 2.02. The summed E-state index contributed by atoms with van der Waals surface area (Å²) in [5.74, 6) is 1.20. The Morgan fingerprint density at radius 1 is 1.42 bits per heavy atom. The van der Waals surface area contributed by atoms with E-state index in [2.05, 4.69) is 15.9 Å².